The van der Waals surface area contributed by atoms with Crippen LogP contribution < -0.4 is 20.7 Å². The van der Waals surface area contributed by atoms with Crippen molar-refractivity contribution in [2.24, 2.45) is 11.3 Å². The van der Waals surface area contributed by atoms with Crippen molar-refractivity contribution < 1.29 is 27.9 Å². The third-order valence-corrected chi connectivity index (χ3v) is 10.1. The lowest BCUT2D eigenvalue weighted by atomic mass is 9.88. The van der Waals surface area contributed by atoms with E-state index in [1.165, 1.54) is 10.4 Å². The first-order chi connectivity index (χ1) is 20.8. The zero-order chi connectivity index (χ0) is 32.0. The van der Waals surface area contributed by atoms with Gasteiger partial charge in [0.2, 0.25) is 21.8 Å². The van der Waals surface area contributed by atoms with Gasteiger partial charge in [-0.2, -0.15) is 4.31 Å². The highest BCUT2D eigenvalue weighted by Gasteiger charge is 2.43. The van der Waals surface area contributed by atoms with E-state index in [9.17, 15) is 23.1 Å². The first-order valence-electron chi connectivity index (χ1n) is 15.6. The Balaban J connectivity index is 1.49. The average molecular weight is 629 g/mol. The van der Waals surface area contributed by atoms with E-state index in [-0.39, 0.29) is 61.0 Å². The van der Waals surface area contributed by atoms with E-state index in [1.54, 1.807) is 12.1 Å². The molecule has 1 saturated heterocycles. The highest BCUT2D eigenvalue weighted by Crippen LogP contribution is 2.34. The summed E-state index contributed by atoms with van der Waals surface area (Å²) in [5.74, 6) is 0.320. The van der Waals surface area contributed by atoms with Gasteiger partial charge >= 0.3 is 0 Å². The molecule has 0 saturated carbocycles. The van der Waals surface area contributed by atoms with Crippen LogP contribution in [0.3, 0.4) is 0 Å². The predicted octanol–water partition coefficient (Wildman–Crippen LogP) is 2.99. The second-order valence-electron chi connectivity index (χ2n) is 13.3. The van der Waals surface area contributed by atoms with Crippen molar-refractivity contribution in [3.8, 4) is 5.75 Å². The Morgan fingerprint density at radius 1 is 1.14 bits per heavy atom. The van der Waals surface area contributed by atoms with Crippen LogP contribution in [0, 0.1) is 11.3 Å². The number of rotatable bonds is 15. The summed E-state index contributed by atoms with van der Waals surface area (Å²) in [5, 5.41) is 21.3. The number of carbonyl (C=O) groups is 2. The molecule has 4 N–H and O–H groups in total. The van der Waals surface area contributed by atoms with E-state index in [0.29, 0.717) is 25.3 Å². The zero-order valence-electron chi connectivity index (χ0n) is 26.4. The zero-order valence-corrected chi connectivity index (χ0v) is 27.2. The van der Waals surface area contributed by atoms with Crippen molar-refractivity contribution in [3.05, 3.63) is 59.7 Å². The third-order valence-electron chi connectivity index (χ3n) is 8.18. The predicted molar refractivity (Wildman–Crippen MR) is 170 cm³/mol. The van der Waals surface area contributed by atoms with Gasteiger partial charge in [0.15, 0.2) is 0 Å². The van der Waals surface area contributed by atoms with Crippen LogP contribution in [0.15, 0.2) is 53.4 Å². The number of hydrogen-bond acceptors (Lipinski definition) is 7. The van der Waals surface area contributed by atoms with Crippen molar-refractivity contribution in [3.63, 3.8) is 0 Å². The van der Waals surface area contributed by atoms with Gasteiger partial charge in [-0.3, -0.25) is 9.59 Å². The first kappa shape index (κ1) is 33.9. The molecule has 10 nitrogen and oxygen atoms in total. The van der Waals surface area contributed by atoms with Crippen LogP contribution in [-0.2, 0) is 32.5 Å². The molecule has 2 amide bonds. The van der Waals surface area contributed by atoms with Crippen molar-refractivity contribution in [2.45, 2.75) is 82.9 Å². The van der Waals surface area contributed by atoms with Crippen LogP contribution in [-0.4, -0.2) is 74.2 Å². The summed E-state index contributed by atoms with van der Waals surface area (Å²) in [5.41, 5.74) is -0.706. The molecule has 4 rings (SSSR count). The number of nitrogens with zero attached hydrogens (tertiary/aromatic N) is 1. The van der Waals surface area contributed by atoms with Gasteiger partial charge in [-0.1, -0.05) is 58.0 Å². The van der Waals surface area contributed by atoms with Gasteiger partial charge in [-0.05, 0) is 60.0 Å². The van der Waals surface area contributed by atoms with Gasteiger partial charge in [-0.25, -0.2) is 8.42 Å². The van der Waals surface area contributed by atoms with Crippen LogP contribution in [0.25, 0.3) is 0 Å². The molecule has 0 bridgehead atoms. The average Bonchev–Trinajstić information content (AvgIpc) is 3.67. The normalized spacial score (nSPS) is 18.1. The fourth-order valence-electron chi connectivity index (χ4n) is 5.82. The third kappa shape index (κ3) is 8.80. The minimum Gasteiger partial charge on any atom is -0.493 e. The SMILES string of the molecule is CC(C)CN(C(O)(CCNC(=O)CC(C)(C)CNC(=O)C1CCCN1)Cc1ccccc1)S(=O)(=O)c1ccc2c(c1)CCO2. The second kappa shape index (κ2) is 14.4. The van der Waals surface area contributed by atoms with Crippen molar-refractivity contribution in [2.75, 3.05) is 32.8 Å². The van der Waals surface area contributed by atoms with E-state index in [2.05, 4.69) is 16.0 Å². The lowest BCUT2D eigenvalue weighted by Gasteiger charge is -2.40. The van der Waals surface area contributed by atoms with Crippen LogP contribution in [0.4, 0.5) is 0 Å². The number of amides is 2. The summed E-state index contributed by atoms with van der Waals surface area (Å²) in [6.07, 6.45) is 2.60. The van der Waals surface area contributed by atoms with Crippen molar-refractivity contribution >= 4 is 21.8 Å². The summed E-state index contributed by atoms with van der Waals surface area (Å²) in [7, 11) is -4.13. The molecule has 2 unspecified atom stereocenters. The lowest BCUT2D eigenvalue weighted by molar-refractivity contribution is -0.126. The number of carbonyl (C=O) groups excluding carboxylic acids is 2. The number of hydrogen-bond donors (Lipinski definition) is 4. The Kier molecular flexibility index (Phi) is 11.1. The minimum atomic E-state index is -4.13. The molecule has 2 aliphatic heterocycles. The molecule has 0 radical (unpaired) electrons. The molecular formula is C33H48N4O6S. The molecule has 2 atom stereocenters. The highest BCUT2D eigenvalue weighted by molar-refractivity contribution is 7.89. The van der Waals surface area contributed by atoms with Gasteiger partial charge in [0.25, 0.3) is 0 Å². The molecule has 44 heavy (non-hydrogen) atoms. The summed E-state index contributed by atoms with van der Waals surface area (Å²) in [6, 6.07) is 13.9. The highest BCUT2D eigenvalue weighted by atomic mass is 32.2. The van der Waals surface area contributed by atoms with Crippen LogP contribution >= 0.6 is 0 Å². The van der Waals surface area contributed by atoms with E-state index in [0.717, 1.165) is 30.5 Å². The molecule has 0 spiro atoms. The molecule has 11 heteroatoms. The Morgan fingerprint density at radius 2 is 1.89 bits per heavy atom. The molecule has 1 fully saturated rings. The summed E-state index contributed by atoms with van der Waals surface area (Å²) >= 11 is 0. The summed E-state index contributed by atoms with van der Waals surface area (Å²) < 4.78 is 35.2. The topological polar surface area (TPSA) is 137 Å². The van der Waals surface area contributed by atoms with Gasteiger partial charge < -0.3 is 25.8 Å². The molecular weight excluding hydrogens is 580 g/mol. The maximum Gasteiger partial charge on any atom is 0.245 e. The van der Waals surface area contributed by atoms with E-state index in [4.69, 9.17) is 4.74 Å². The number of nitrogens with one attached hydrogen (secondary N) is 3. The second-order valence-corrected chi connectivity index (χ2v) is 15.1. The van der Waals surface area contributed by atoms with E-state index in [1.807, 2.05) is 58.0 Å². The van der Waals surface area contributed by atoms with E-state index >= 15 is 0 Å². The van der Waals surface area contributed by atoms with Gasteiger partial charge in [-0.15, -0.1) is 0 Å². The Hall–Kier alpha value is -2.99. The molecule has 2 aromatic carbocycles. The molecule has 2 aromatic rings. The van der Waals surface area contributed by atoms with Crippen LogP contribution in [0.5, 0.6) is 5.75 Å². The number of aliphatic hydroxyl groups is 1. The maximum atomic E-state index is 14.2. The number of benzene rings is 2. The fraction of sp³-hybridized carbons (Fsp3) is 0.576. The minimum absolute atomic E-state index is 0.0157. The number of ether oxygens (including phenoxy) is 1. The largest absolute Gasteiger partial charge is 0.493 e. The Labute approximate surface area is 262 Å². The van der Waals surface area contributed by atoms with Crippen molar-refractivity contribution in [1.29, 1.82) is 0 Å². The van der Waals surface area contributed by atoms with Gasteiger partial charge in [0.05, 0.1) is 17.5 Å². The maximum absolute atomic E-state index is 14.2. The van der Waals surface area contributed by atoms with Gasteiger partial charge in [0.1, 0.15) is 11.5 Å². The quantitative estimate of drug-likeness (QED) is 0.223. The molecule has 242 valence electrons. The Bertz CT molecular complexity index is 1390. The fourth-order valence-corrected chi connectivity index (χ4v) is 7.70. The molecule has 2 heterocycles. The summed E-state index contributed by atoms with van der Waals surface area (Å²) in [6.45, 7) is 9.50. The lowest BCUT2D eigenvalue weighted by Crippen LogP contribution is -2.56. The van der Waals surface area contributed by atoms with Crippen LogP contribution in [0.1, 0.15) is 64.5 Å². The molecule has 0 aromatic heterocycles. The standard InChI is InChI=1S/C33H48N4O6S/c1-24(2)22-37(44(41,42)27-12-13-29-26(19-27)14-18-43-29)33(40,20-25-9-6-5-7-10-25)15-17-35-30(38)21-32(3,4)23-36-31(39)28-11-8-16-34-28/h5-7,9-10,12-13,19,24,28,34,40H,8,11,14-18,20-23H2,1-4H3,(H,35,38)(H,36,39). The monoisotopic (exact) mass is 628 g/mol. The number of fused-ring (bicyclic) bond motifs is 1. The molecule has 0 aliphatic carbocycles. The van der Waals surface area contributed by atoms with Crippen LogP contribution in [0.2, 0.25) is 0 Å². The van der Waals surface area contributed by atoms with Gasteiger partial charge in [0, 0.05) is 45.3 Å². The molecule has 2 aliphatic rings. The summed E-state index contributed by atoms with van der Waals surface area (Å²) in [4.78, 5) is 25.6. The Morgan fingerprint density at radius 3 is 2.57 bits per heavy atom. The van der Waals surface area contributed by atoms with Crippen molar-refractivity contribution in [1.82, 2.24) is 20.3 Å². The smallest absolute Gasteiger partial charge is 0.245 e. The number of sulfonamides is 1. The van der Waals surface area contributed by atoms with E-state index < -0.39 is 21.2 Å². The first-order valence-corrected chi connectivity index (χ1v) is 17.1.